The Labute approximate surface area is 399 Å². The molecule has 12 rings (SSSR count). The highest BCUT2D eigenvalue weighted by Crippen LogP contribution is 2.01. The van der Waals surface area contributed by atoms with E-state index in [1.165, 1.54) is 12.4 Å². The molecule has 17 heteroatoms. The lowest BCUT2D eigenvalue weighted by atomic mass is 10.4. The predicted octanol–water partition coefficient (Wildman–Crippen LogP) is 11.3. The first-order chi connectivity index (χ1) is 33.3. The Bertz CT molecular complexity index is 1980. The average molecular weight is 935 g/mol. The molecule has 2 N–H and O–H groups in total. The third-order valence-corrected chi connectivity index (χ3v) is 7.26. The number of ether oxygens (including phenoxy) is 1. The Morgan fingerprint density at radius 3 is 1.52 bits per heavy atom. The van der Waals surface area contributed by atoms with E-state index >= 15 is 0 Å². The summed E-state index contributed by atoms with van der Waals surface area (Å²) in [7, 11) is 0. The van der Waals surface area contributed by atoms with Gasteiger partial charge in [0, 0.05) is 105 Å². The van der Waals surface area contributed by atoms with Crippen molar-refractivity contribution in [3.05, 3.63) is 259 Å². The minimum atomic E-state index is -0.0532. The number of hydrogen-bond donors (Lipinski definition) is 2. The van der Waals surface area contributed by atoms with Gasteiger partial charge in [-0.05, 0) is 65.4 Å². The Morgan fingerprint density at radius 2 is 1.31 bits per heavy atom. The topological polar surface area (TPSA) is 197 Å². The fraction of sp³-hybridized carbons (Fsp3) is 0.0600. The van der Waals surface area contributed by atoms with Crippen LogP contribution in [0.25, 0.3) is 0 Å². The number of furan rings is 1. The number of pyridine rings is 2. The SMILES string of the molecule is C1=CN=CC1.C1=NC=NC1.C1=NN=CC1.C=C1C=CC=CO1.O=c1cccc[nH]1.c1ccccc1.c1ccncc1.c1ccoc1.c1ccsc1.c1cn[nH]c1.c1cncnc1.c1cscn1. The molecule has 0 radical (unpaired) electrons. The molecule has 4 aliphatic rings. The molecular formula is C50H54N12O3S2. The number of benzene rings is 1. The lowest BCUT2D eigenvalue weighted by molar-refractivity contribution is 0.367. The normalized spacial score (nSPS) is 11.1. The highest BCUT2D eigenvalue weighted by Gasteiger charge is 1.85. The quantitative estimate of drug-likeness (QED) is 0.150. The van der Waals surface area contributed by atoms with Crippen molar-refractivity contribution >= 4 is 53.9 Å². The van der Waals surface area contributed by atoms with Crippen LogP contribution in [0.4, 0.5) is 0 Å². The molecule has 344 valence electrons. The van der Waals surface area contributed by atoms with Gasteiger partial charge in [0.05, 0.1) is 30.8 Å². The van der Waals surface area contributed by atoms with Crippen molar-refractivity contribution in [3.8, 4) is 0 Å². The molecule has 0 atom stereocenters. The Morgan fingerprint density at radius 1 is 0.597 bits per heavy atom. The summed E-state index contributed by atoms with van der Waals surface area (Å²) in [5, 5.41) is 19.3. The van der Waals surface area contributed by atoms with Crippen LogP contribution in [0.1, 0.15) is 12.8 Å². The first kappa shape index (κ1) is 56.3. The largest absolute Gasteiger partial charge is 0.473 e. The third-order valence-electron chi connectivity index (χ3n) is 6.11. The molecule has 0 spiro atoms. The number of H-pyrrole nitrogens is 2. The van der Waals surface area contributed by atoms with Crippen molar-refractivity contribution in [2.45, 2.75) is 12.8 Å². The van der Waals surface area contributed by atoms with Gasteiger partial charge in [0.15, 0.2) is 0 Å². The van der Waals surface area contributed by atoms with Crippen LogP contribution in [0.3, 0.4) is 0 Å². The lowest BCUT2D eigenvalue weighted by Gasteiger charge is -1.98. The van der Waals surface area contributed by atoms with Crippen LogP contribution in [-0.2, 0) is 4.74 Å². The molecule has 7 aromatic heterocycles. The Kier molecular flexibility index (Phi) is 42.0. The number of allylic oxidation sites excluding steroid dienone is 4. The number of aromatic nitrogens is 7. The smallest absolute Gasteiger partial charge is 0.247 e. The van der Waals surface area contributed by atoms with Gasteiger partial charge in [-0.15, -0.1) is 11.3 Å². The molecular weight excluding hydrogens is 881 g/mol. The fourth-order valence-corrected chi connectivity index (χ4v) is 4.13. The second kappa shape index (κ2) is 50.0. The van der Waals surface area contributed by atoms with Crippen LogP contribution in [-0.4, -0.2) is 72.9 Å². The Hall–Kier alpha value is -8.67. The monoisotopic (exact) mass is 934 g/mol. The number of hydrogen-bond acceptors (Lipinski definition) is 15. The highest BCUT2D eigenvalue weighted by molar-refractivity contribution is 7.07. The van der Waals surface area contributed by atoms with Crippen LogP contribution in [0.15, 0.2) is 283 Å². The van der Waals surface area contributed by atoms with E-state index in [0.29, 0.717) is 5.76 Å². The second-order valence-electron chi connectivity index (χ2n) is 11.2. The summed E-state index contributed by atoms with van der Waals surface area (Å²) in [6.07, 6.45) is 40.0. The van der Waals surface area contributed by atoms with Crippen molar-refractivity contribution < 1.29 is 9.15 Å². The van der Waals surface area contributed by atoms with Gasteiger partial charge < -0.3 is 14.1 Å². The number of aromatic amines is 2. The third kappa shape index (κ3) is 48.2. The molecule has 0 unspecified atom stereocenters. The molecule has 0 amide bonds. The van der Waals surface area contributed by atoms with Crippen LogP contribution in [0.2, 0.25) is 0 Å². The van der Waals surface area contributed by atoms with E-state index in [4.69, 9.17) is 4.74 Å². The van der Waals surface area contributed by atoms with Gasteiger partial charge in [-0.25, -0.2) is 15.0 Å². The molecule has 15 nitrogen and oxygen atoms in total. The van der Waals surface area contributed by atoms with Crippen LogP contribution in [0, 0.1) is 0 Å². The van der Waals surface area contributed by atoms with E-state index < -0.39 is 0 Å². The number of thiophene rings is 1. The summed E-state index contributed by atoms with van der Waals surface area (Å²) in [6.45, 7) is 4.33. The fourth-order valence-electron chi connectivity index (χ4n) is 3.32. The van der Waals surface area contributed by atoms with Crippen molar-refractivity contribution in [3.63, 3.8) is 0 Å². The van der Waals surface area contributed by atoms with Gasteiger partial charge in [-0.3, -0.25) is 29.8 Å². The standard InChI is InChI=1S/C6H6O.C6H6.C5H5NO.C5H5N.C4H4N2.C4H5N.C4H4O.C4H4S.3C3H4N2.C3H3NS/c1-6-4-2-3-5-7-6;1-2-4-6-5-3-1;7-5-3-1-2-4-6-5;1-2-4-6-5-3-1;1-2-5-4-6-3-1;3*1-2-4-5-3-1;1-2-5-3-4-1;2*1-2-4-5-3-1;1-2-5-3-4-1/h2-5H,1H2;1-6H;1-4H,(H,6,7);1-5H;1-4H;1,3-4H,2H2;2*1-4H;1,3H,2H2;2-3H,1H2;1-3H,(H,4,5);1-3H. The van der Waals surface area contributed by atoms with E-state index in [0.717, 1.165) is 19.4 Å². The van der Waals surface area contributed by atoms with Crippen LogP contribution >= 0.6 is 22.7 Å². The zero-order valence-corrected chi connectivity index (χ0v) is 38.4. The van der Waals surface area contributed by atoms with Crippen molar-refractivity contribution in [2.75, 3.05) is 6.54 Å². The lowest BCUT2D eigenvalue weighted by Crippen LogP contribution is -1.98. The minimum Gasteiger partial charge on any atom is -0.473 e. The van der Waals surface area contributed by atoms with Gasteiger partial charge in [-0.2, -0.15) is 26.6 Å². The van der Waals surface area contributed by atoms with Gasteiger partial charge in [-0.1, -0.05) is 79.4 Å². The summed E-state index contributed by atoms with van der Waals surface area (Å²) >= 11 is 3.31. The highest BCUT2D eigenvalue weighted by atomic mass is 32.1. The van der Waals surface area contributed by atoms with Gasteiger partial charge in [0.25, 0.3) is 0 Å². The maximum atomic E-state index is 10.2. The van der Waals surface area contributed by atoms with Crippen LogP contribution < -0.4 is 5.56 Å². The second-order valence-corrected chi connectivity index (χ2v) is 12.8. The summed E-state index contributed by atoms with van der Waals surface area (Å²) in [6, 6.07) is 34.0. The zero-order chi connectivity index (χ0) is 47.7. The van der Waals surface area contributed by atoms with E-state index in [-0.39, 0.29) is 5.56 Å². The van der Waals surface area contributed by atoms with E-state index in [2.05, 4.69) is 71.3 Å². The van der Waals surface area contributed by atoms with Crippen molar-refractivity contribution in [1.29, 1.82) is 0 Å². The summed E-state index contributed by atoms with van der Waals surface area (Å²) in [5.41, 5.74) is 1.74. The molecule has 1 aromatic carbocycles. The molecule has 4 aliphatic heterocycles. The van der Waals surface area contributed by atoms with Gasteiger partial charge in [0.2, 0.25) is 5.56 Å². The van der Waals surface area contributed by atoms with Crippen LogP contribution in [0.5, 0.6) is 0 Å². The maximum Gasteiger partial charge on any atom is 0.247 e. The number of nitrogens with zero attached hydrogens (tertiary/aromatic N) is 10. The van der Waals surface area contributed by atoms with Crippen molar-refractivity contribution in [2.24, 2.45) is 25.2 Å². The van der Waals surface area contributed by atoms with Gasteiger partial charge >= 0.3 is 0 Å². The molecule has 0 fully saturated rings. The molecule has 0 saturated heterocycles. The van der Waals surface area contributed by atoms with E-state index in [1.807, 2.05) is 126 Å². The first-order valence-electron chi connectivity index (χ1n) is 20.1. The minimum absolute atomic E-state index is 0.0532. The number of thiazole rings is 1. The zero-order valence-electron chi connectivity index (χ0n) is 36.7. The molecule has 0 saturated carbocycles. The molecule has 67 heavy (non-hydrogen) atoms. The number of rotatable bonds is 0. The Balaban J connectivity index is 0.000000366. The summed E-state index contributed by atoms with van der Waals surface area (Å²) in [5.74, 6) is 0.697. The first-order valence-corrected chi connectivity index (χ1v) is 21.9. The van der Waals surface area contributed by atoms with E-state index in [1.54, 1.807) is 152 Å². The molecule has 11 heterocycles. The number of nitrogens with one attached hydrogen (secondary N) is 2. The van der Waals surface area contributed by atoms with Gasteiger partial charge in [0.1, 0.15) is 18.4 Å². The summed E-state index contributed by atoms with van der Waals surface area (Å²) < 4.78 is 9.40. The molecule has 0 bridgehead atoms. The number of aliphatic imine (C=N–C) groups is 3. The van der Waals surface area contributed by atoms with E-state index in [9.17, 15) is 4.79 Å². The maximum absolute atomic E-state index is 10.2. The molecule has 8 aromatic rings. The molecule has 0 aliphatic carbocycles. The summed E-state index contributed by atoms with van der Waals surface area (Å²) in [4.78, 5) is 38.7. The average Bonchev–Trinajstić information content (AvgIpc) is 4.26. The van der Waals surface area contributed by atoms with Crippen molar-refractivity contribution in [1.82, 2.24) is 35.1 Å². The predicted molar refractivity (Wildman–Crippen MR) is 278 cm³/mol.